The summed E-state index contributed by atoms with van der Waals surface area (Å²) in [5.74, 6) is 1.56. The fourth-order valence-electron chi connectivity index (χ4n) is 2.03. The lowest BCUT2D eigenvalue weighted by molar-refractivity contribution is 0.311. The first-order valence-corrected chi connectivity index (χ1v) is 6.44. The smallest absolute Gasteiger partial charge is 0.125 e. The highest BCUT2D eigenvalue weighted by Crippen LogP contribution is 2.28. The minimum atomic E-state index is 0.486. The molecule has 0 radical (unpaired) electrons. The van der Waals surface area contributed by atoms with Crippen LogP contribution in [0.1, 0.15) is 37.0 Å². The third-order valence-electron chi connectivity index (χ3n) is 2.89. The number of rotatable bonds is 6. The van der Waals surface area contributed by atoms with E-state index >= 15 is 0 Å². The summed E-state index contributed by atoms with van der Waals surface area (Å²) in [5.41, 5.74) is 3.85. The Balaban J connectivity index is 3.01. The Bertz CT molecular complexity index is 379. The zero-order valence-electron chi connectivity index (χ0n) is 11.5. The minimum Gasteiger partial charge on any atom is -0.493 e. The van der Waals surface area contributed by atoms with Gasteiger partial charge in [-0.15, -0.1) is 6.58 Å². The van der Waals surface area contributed by atoms with Crippen molar-refractivity contribution in [3.8, 4) is 5.75 Å². The highest BCUT2D eigenvalue weighted by atomic mass is 16.5. The molecule has 0 saturated carbocycles. The number of hydrogen-bond donors (Lipinski definition) is 0. The van der Waals surface area contributed by atoms with Gasteiger partial charge in [-0.1, -0.05) is 37.6 Å². The van der Waals surface area contributed by atoms with E-state index in [1.165, 1.54) is 16.7 Å². The van der Waals surface area contributed by atoms with Crippen LogP contribution in [0.2, 0.25) is 0 Å². The second-order valence-corrected chi connectivity index (χ2v) is 4.84. The molecule has 1 atom stereocenters. The Hall–Kier alpha value is -1.24. The number of ether oxygens (including phenoxy) is 1. The van der Waals surface area contributed by atoms with Crippen molar-refractivity contribution in [1.82, 2.24) is 0 Å². The van der Waals surface area contributed by atoms with E-state index in [9.17, 15) is 0 Å². The first-order chi connectivity index (χ1) is 8.08. The topological polar surface area (TPSA) is 9.23 Å². The molecule has 0 bridgehead atoms. The molecule has 0 aliphatic rings. The third-order valence-corrected chi connectivity index (χ3v) is 2.89. The van der Waals surface area contributed by atoms with E-state index in [1.807, 2.05) is 6.08 Å². The van der Waals surface area contributed by atoms with E-state index in [1.54, 1.807) is 0 Å². The number of hydrogen-bond acceptors (Lipinski definition) is 1. The van der Waals surface area contributed by atoms with Crippen molar-refractivity contribution >= 4 is 0 Å². The highest BCUT2D eigenvalue weighted by Gasteiger charge is 2.10. The van der Waals surface area contributed by atoms with Crippen molar-refractivity contribution in [2.24, 2.45) is 5.92 Å². The zero-order valence-corrected chi connectivity index (χ0v) is 11.5. The molecular formula is C16H24O. The molecule has 0 aliphatic heterocycles. The Morgan fingerprint density at radius 1 is 1.35 bits per heavy atom. The van der Waals surface area contributed by atoms with Crippen LogP contribution < -0.4 is 4.74 Å². The van der Waals surface area contributed by atoms with E-state index in [4.69, 9.17) is 4.74 Å². The monoisotopic (exact) mass is 232 g/mol. The molecule has 1 rings (SSSR count). The fraction of sp³-hybridized carbons (Fsp3) is 0.500. The molecule has 0 N–H and O–H groups in total. The summed E-state index contributed by atoms with van der Waals surface area (Å²) in [6.07, 6.45) is 4.05. The van der Waals surface area contributed by atoms with Gasteiger partial charge in [0.05, 0.1) is 6.61 Å². The molecule has 1 heteroatoms. The van der Waals surface area contributed by atoms with Crippen molar-refractivity contribution in [2.75, 3.05) is 6.61 Å². The second kappa shape index (κ2) is 6.48. The maximum absolute atomic E-state index is 5.88. The standard InChI is InChI=1S/C16H24O/c1-6-8-17-16-14(5)9-13(4)11-15(16)10-12(3)7-2/h7,9,11-12H,2,6,8,10H2,1,3-5H3. The van der Waals surface area contributed by atoms with Gasteiger partial charge in [0.15, 0.2) is 0 Å². The average molecular weight is 232 g/mol. The van der Waals surface area contributed by atoms with Crippen molar-refractivity contribution < 1.29 is 4.74 Å². The fourth-order valence-corrected chi connectivity index (χ4v) is 2.03. The van der Waals surface area contributed by atoms with Crippen LogP contribution in [-0.2, 0) is 6.42 Å². The Morgan fingerprint density at radius 2 is 2.06 bits per heavy atom. The largest absolute Gasteiger partial charge is 0.493 e. The molecule has 1 nitrogen and oxygen atoms in total. The number of benzene rings is 1. The van der Waals surface area contributed by atoms with Gasteiger partial charge in [-0.3, -0.25) is 0 Å². The predicted molar refractivity (Wildman–Crippen MR) is 74.8 cm³/mol. The molecule has 0 aliphatic carbocycles. The molecule has 0 spiro atoms. The van der Waals surface area contributed by atoms with Gasteiger partial charge in [-0.05, 0) is 43.7 Å². The van der Waals surface area contributed by atoms with Crippen molar-refractivity contribution in [3.63, 3.8) is 0 Å². The summed E-state index contributed by atoms with van der Waals surface area (Å²) >= 11 is 0. The molecular weight excluding hydrogens is 208 g/mol. The number of aryl methyl sites for hydroxylation is 2. The first-order valence-electron chi connectivity index (χ1n) is 6.44. The van der Waals surface area contributed by atoms with Crippen LogP contribution in [0.4, 0.5) is 0 Å². The van der Waals surface area contributed by atoms with Crippen molar-refractivity contribution in [1.29, 1.82) is 0 Å². The summed E-state index contributed by atoms with van der Waals surface area (Å²) in [7, 11) is 0. The molecule has 0 saturated heterocycles. The van der Waals surface area contributed by atoms with E-state index < -0.39 is 0 Å². The summed E-state index contributed by atoms with van der Waals surface area (Å²) in [6, 6.07) is 4.42. The van der Waals surface area contributed by atoms with Crippen LogP contribution >= 0.6 is 0 Å². The van der Waals surface area contributed by atoms with E-state index in [-0.39, 0.29) is 0 Å². The van der Waals surface area contributed by atoms with Crippen molar-refractivity contribution in [3.05, 3.63) is 41.5 Å². The minimum absolute atomic E-state index is 0.486. The Morgan fingerprint density at radius 3 is 2.65 bits per heavy atom. The van der Waals surface area contributed by atoms with Gasteiger partial charge in [-0.25, -0.2) is 0 Å². The van der Waals surface area contributed by atoms with Gasteiger partial charge in [0.2, 0.25) is 0 Å². The van der Waals surface area contributed by atoms with Crippen LogP contribution in [0.15, 0.2) is 24.8 Å². The molecule has 0 heterocycles. The summed E-state index contributed by atoms with van der Waals surface area (Å²) in [6.45, 7) is 13.2. The Labute approximate surface area is 106 Å². The second-order valence-electron chi connectivity index (χ2n) is 4.84. The van der Waals surface area contributed by atoms with Crippen LogP contribution in [-0.4, -0.2) is 6.61 Å². The van der Waals surface area contributed by atoms with Gasteiger partial charge in [-0.2, -0.15) is 0 Å². The molecule has 1 aromatic carbocycles. The van der Waals surface area contributed by atoms with Gasteiger partial charge >= 0.3 is 0 Å². The SMILES string of the molecule is C=CC(C)Cc1cc(C)cc(C)c1OCCC. The van der Waals surface area contributed by atoms with E-state index in [0.717, 1.165) is 25.2 Å². The van der Waals surface area contributed by atoms with Crippen LogP contribution in [0.3, 0.4) is 0 Å². The lowest BCUT2D eigenvalue weighted by atomic mass is 9.96. The number of allylic oxidation sites excluding steroid dienone is 1. The molecule has 94 valence electrons. The molecule has 0 fully saturated rings. The third kappa shape index (κ3) is 3.92. The van der Waals surface area contributed by atoms with Gasteiger partial charge in [0.25, 0.3) is 0 Å². The Kier molecular flexibility index (Phi) is 5.27. The van der Waals surface area contributed by atoms with Crippen LogP contribution in [0.5, 0.6) is 5.75 Å². The van der Waals surface area contributed by atoms with Crippen LogP contribution in [0, 0.1) is 19.8 Å². The zero-order chi connectivity index (χ0) is 12.8. The quantitative estimate of drug-likeness (QED) is 0.658. The molecule has 17 heavy (non-hydrogen) atoms. The normalized spacial score (nSPS) is 12.2. The van der Waals surface area contributed by atoms with E-state index in [2.05, 4.69) is 46.4 Å². The van der Waals surface area contributed by atoms with Gasteiger partial charge in [0, 0.05) is 0 Å². The summed E-state index contributed by atoms with van der Waals surface area (Å²) in [4.78, 5) is 0. The van der Waals surface area contributed by atoms with Gasteiger partial charge < -0.3 is 4.74 Å². The summed E-state index contributed by atoms with van der Waals surface area (Å²) in [5, 5.41) is 0. The van der Waals surface area contributed by atoms with Crippen LogP contribution in [0.25, 0.3) is 0 Å². The summed E-state index contributed by atoms with van der Waals surface area (Å²) < 4.78 is 5.88. The molecule has 0 amide bonds. The molecule has 1 aromatic rings. The maximum Gasteiger partial charge on any atom is 0.125 e. The lowest BCUT2D eigenvalue weighted by Gasteiger charge is -2.16. The average Bonchev–Trinajstić information content (AvgIpc) is 2.27. The predicted octanol–water partition coefficient (Wildman–Crippen LogP) is 4.46. The van der Waals surface area contributed by atoms with E-state index in [0.29, 0.717) is 5.92 Å². The van der Waals surface area contributed by atoms with Gasteiger partial charge in [0.1, 0.15) is 5.75 Å². The van der Waals surface area contributed by atoms with Crippen molar-refractivity contribution in [2.45, 2.75) is 40.5 Å². The first kappa shape index (κ1) is 13.8. The maximum atomic E-state index is 5.88. The molecule has 1 unspecified atom stereocenters. The highest BCUT2D eigenvalue weighted by molar-refractivity contribution is 5.44. The lowest BCUT2D eigenvalue weighted by Crippen LogP contribution is -2.04. The molecule has 0 aromatic heterocycles.